The minimum atomic E-state index is -0.400. The second kappa shape index (κ2) is 8.94. The van der Waals surface area contributed by atoms with E-state index in [4.69, 9.17) is 4.74 Å². The van der Waals surface area contributed by atoms with Crippen LogP contribution in [-0.2, 0) is 6.54 Å². The highest BCUT2D eigenvalue weighted by molar-refractivity contribution is 5.93. The lowest BCUT2D eigenvalue weighted by Gasteiger charge is -2.10. The SMILES string of the molecule is CCOc1ccc(Nc2cc(C(=O)NCc3ccccc3F)nc(C)n2)cc1. The molecular formula is C21H21FN4O2. The van der Waals surface area contributed by atoms with Gasteiger partial charge in [-0.25, -0.2) is 14.4 Å². The molecule has 6 nitrogen and oxygen atoms in total. The summed E-state index contributed by atoms with van der Waals surface area (Å²) in [4.78, 5) is 20.9. The van der Waals surface area contributed by atoms with Crippen molar-refractivity contribution in [1.82, 2.24) is 15.3 Å². The Morgan fingerprint density at radius 2 is 1.86 bits per heavy atom. The fourth-order valence-corrected chi connectivity index (χ4v) is 2.60. The predicted molar refractivity (Wildman–Crippen MR) is 105 cm³/mol. The molecule has 0 aliphatic carbocycles. The Balaban J connectivity index is 1.70. The number of nitrogens with one attached hydrogen (secondary N) is 2. The second-order valence-corrected chi connectivity index (χ2v) is 6.04. The number of halogens is 1. The highest BCUT2D eigenvalue weighted by Gasteiger charge is 2.12. The van der Waals surface area contributed by atoms with Crippen LogP contribution in [0.5, 0.6) is 5.75 Å². The maximum Gasteiger partial charge on any atom is 0.270 e. The maximum absolute atomic E-state index is 13.7. The van der Waals surface area contributed by atoms with Gasteiger partial charge in [-0.3, -0.25) is 4.79 Å². The Bertz CT molecular complexity index is 961. The lowest BCUT2D eigenvalue weighted by Crippen LogP contribution is -2.25. The number of amides is 1. The number of carbonyl (C=O) groups is 1. The minimum Gasteiger partial charge on any atom is -0.494 e. The van der Waals surface area contributed by atoms with E-state index in [-0.39, 0.29) is 18.1 Å². The van der Waals surface area contributed by atoms with Crippen LogP contribution in [0, 0.1) is 12.7 Å². The molecule has 0 bridgehead atoms. The highest BCUT2D eigenvalue weighted by Crippen LogP contribution is 2.19. The van der Waals surface area contributed by atoms with Gasteiger partial charge >= 0.3 is 0 Å². The number of aryl methyl sites for hydroxylation is 1. The Labute approximate surface area is 162 Å². The van der Waals surface area contributed by atoms with Gasteiger partial charge in [0.25, 0.3) is 5.91 Å². The van der Waals surface area contributed by atoms with Crippen molar-refractivity contribution in [1.29, 1.82) is 0 Å². The molecule has 0 aliphatic heterocycles. The van der Waals surface area contributed by atoms with E-state index < -0.39 is 5.91 Å². The maximum atomic E-state index is 13.7. The molecule has 0 atom stereocenters. The van der Waals surface area contributed by atoms with Crippen molar-refractivity contribution in [2.24, 2.45) is 0 Å². The average molecular weight is 380 g/mol. The summed E-state index contributed by atoms with van der Waals surface area (Å²) in [7, 11) is 0. The summed E-state index contributed by atoms with van der Waals surface area (Å²) in [5.74, 6) is 0.961. The van der Waals surface area contributed by atoms with Gasteiger partial charge < -0.3 is 15.4 Å². The predicted octanol–water partition coefficient (Wildman–Crippen LogP) is 4.00. The minimum absolute atomic E-state index is 0.0796. The van der Waals surface area contributed by atoms with Crippen LogP contribution >= 0.6 is 0 Å². The van der Waals surface area contributed by atoms with Crippen LogP contribution in [0.4, 0.5) is 15.9 Å². The first-order valence-corrected chi connectivity index (χ1v) is 8.92. The number of hydrogen-bond acceptors (Lipinski definition) is 5. The van der Waals surface area contributed by atoms with E-state index >= 15 is 0 Å². The first kappa shape index (κ1) is 19.3. The molecule has 0 radical (unpaired) electrons. The molecule has 2 aromatic carbocycles. The topological polar surface area (TPSA) is 76.1 Å². The van der Waals surface area contributed by atoms with Crippen LogP contribution in [-0.4, -0.2) is 22.5 Å². The van der Waals surface area contributed by atoms with E-state index in [0.717, 1.165) is 11.4 Å². The molecule has 0 aliphatic rings. The summed E-state index contributed by atoms with van der Waals surface area (Å²) >= 11 is 0. The first-order chi connectivity index (χ1) is 13.5. The quantitative estimate of drug-likeness (QED) is 0.648. The smallest absolute Gasteiger partial charge is 0.270 e. The number of rotatable bonds is 7. The molecule has 1 heterocycles. The average Bonchev–Trinajstić information content (AvgIpc) is 2.68. The Morgan fingerprint density at radius 3 is 2.57 bits per heavy atom. The van der Waals surface area contributed by atoms with Crippen molar-refractivity contribution >= 4 is 17.4 Å². The molecule has 3 aromatic rings. The molecule has 144 valence electrons. The van der Waals surface area contributed by atoms with E-state index in [1.54, 1.807) is 31.2 Å². The molecule has 2 N–H and O–H groups in total. The zero-order chi connectivity index (χ0) is 19.9. The van der Waals surface area contributed by atoms with Gasteiger partial charge in [-0.15, -0.1) is 0 Å². The molecule has 0 spiro atoms. The summed E-state index contributed by atoms with van der Waals surface area (Å²) in [6.07, 6.45) is 0. The third kappa shape index (κ3) is 5.03. The zero-order valence-electron chi connectivity index (χ0n) is 15.7. The standard InChI is InChI=1S/C21H21FN4O2/c1-3-28-17-10-8-16(9-11-17)26-20-12-19(24-14(2)25-20)21(27)23-13-15-6-4-5-7-18(15)22/h4-12H,3,13H2,1-2H3,(H,23,27)(H,24,25,26). The summed E-state index contributed by atoms with van der Waals surface area (Å²) in [5, 5.41) is 5.83. The Hall–Kier alpha value is -3.48. The molecule has 0 unspecified atom stereocenters. The van der Waals surface area contributed by atoms with Crippen LogP contribution in [0.3, 0.4) is 0 Å². The molecule has 1 amide bonds. The number of hydrogen-bond donors (Lipinski definition) is 2. The normalized spacial score (nSPS) is 10.4. The molecule has 0 saturated heterocycles. The van der Waals surface area contributed by atoms with Gasteiger partial charge in [0, 0.05) is 23.9 Å². The Kier molecular flexibility index (Phi) is 6.16. The van der Waals surface area contributed by atoms with Crippen LogP contribution in [0.2, 0.25) is 0 Å². The first-order valence-electron chi connectivity index (χ1n) is 8.92. The van der Waals surface area contributed by atoms with E-state index in [9.17, 15) is 9.18 Å². The fourth-order valence-electron chi connectivity index (χ4n) is 2.60. The lowest BCUT2D eigenvalue weighted by molar-refractivity contribution is 0.0945. The number of anilines is 2. The van der Waals surface area contributed by atoms with Crippen LogP contribution in [0.25, 0.3) is 0 Å². The summed E-state index contributed by atoms with van der Waals surface area (Å²) in [6, 6.07) is 15.3. The zero-order valence-corrected chi connectivity index (χ0v) is 15.7. The number of carbonyl (C=O) groups excluding carboxylic acids is 1. The molecule has 1 aromatic heterocycles. The summed E-state index contributed by atoms with van der Waals surface area (Å²) in [6.45, 7) is 4.31. The number of ether oxygens (including phenoxy) is 1. The molecule has 7 heteroatoms. The van der Waals surface area contributed by atoms with E-state index in [0.29, 0.717) is 23.8 Å². The van der Waals surface area contributed by atoms with E-state index in [2.05, 4.69) is 20.6 Å². The van der Waals surface area contributed by atoms with Crippen LogP contribution in [0.15, 0.2) is 54.6 Å². The molecule has 0 fully saturated rings. The number of aromatic nitrogens is 2. The van der Waals surface area contributed by atoms with Crippen molar-refractivity contribution in [3.63, 3.8) is 0 Å². The van der Waals surface area contributed by atoms with Crippen molar-refractivity contribution in [3.05, 3.63) is 77.5 Å². The third-order valence-corrected chi connectivity index (χ3v) is 3.91. The van der Waals surface area contributed by atoms with Crippen LogP contribution < -0.4 is 15.4 Å². The van der Waals surface area contributed by atoms with Gasteiger partial charge in [0.2, 0.25) is 0 Å². The largest absolute Gasteiger partial charge is 0.494 e. The van der Waals surface area contributed by atoms with Crippen molar-refractivity contribution in [3.8, 4) is 5.75 Å². The number of benzene rings is 2. The number of nitrogens with zero attached hydrogens (tertiary/aromatic N) is 2. The van der Waals surface area contributed by atoms with E-state index in [1.165, 1.54) is 6.07 Å². The monoisotopic (exact) mass is 380 g/mol. The van der Waals surface area contributed by atoms with Crippen molar-refractivity contribution in [2.45, 2.75) is 20.4 Å². The molecule has 28 heavy (non-hydrogen) atoms. The summed E-state index contributed by atoms with van der Waals surface area (Å²) < 4.78 is 19.1. The molecular weight excluding hydrogens is 359 g/mol. The van der Waals surface area contributed by atoms with Crippen molar-refractivity contribution < 1.29 is 13.9 Å². The van der Waals surface area contributed by atoms with E-state index in [1.807, 2.05) is 31.2 Å². The van der Waals surface area contributed by atoms with Gasteiger partial charge in [-0.2, -0.15) is 0 Å². The van der Waals surface area contributed by atoms with Gasteiger partial charge in [0.05, 0.1) is 6.61 Å². The lowest BCUT2D eigenvalue weighted by atomic mass is 10.2. The van der Waals surface area contributed by atoms with Gasteiger partial charge in [-0.05, 0) is 44.2 Å². The highest BCUT2D eigenvalue weighted by atomic mass is 19.1. The summed E-state index contributed by atoms with van der Waals surface area (Å²) in [5.41, 5.74) is 1.42. The van der Waals surface area contributed by atoms with Crippen LogP contribution in [0.1, 0.15) is 28.8 Å². The van der Waals surface area contributed by atoms with Gasteiger partial charge in [-0.1, -0.05) is 18.2 Å². The second-order valence-electron chi connectivity index (χ2n) is 6.04. The molecule has 0 saturated carbocycles. The Morgan fingerprint density at radius 1 is 1.11 bits per heavy atom. The third-order valence-electron chi connectivity index (χ3n) is 3.91. The van der Waals surface area contributed by atoms with Gasteiger partial charge in [0.1, 0.15) is 28.9 Å². The molecule has 3 rings (SSSR count). The van der Waals surface area contributed by atoms with Crippen molar-refractivity contribution in [2.75, 3.05) is 11.9 Å². The van der Waals surface area contributed by atoms with Gasteiger partial charge in [0.15, 0.2) is 0 Å². The fraction of sp³-hybridized carbons (Fsp3) is 0.190.